The standard InChI is InChI=1S/C13H19ClN2O2/c1-3-11-8-10(9-12(14)16-11)13(17)15-6-4-5-7-18-2/h8-9H,3-7H2,1-2H3,(H,15,17). The van der Waals surface area contributed by atoms with Crippen molar-refractivity contribution in [2.75, 3.05) is 20.3 Å². The molecule has 0 fully saturated rings. The van der Waals surface area contributed by atoms with Crippen LogP contribution in [0.5, 0.6) is 0 Å². The van der Waals surface area contributed by atoms with E-state index in [4.69, 9.17) is 16.3 Å². The van der Waals surface area contributed by atoms with Crippen LogP contribution in [-0.2, 0) is 11.2 Å². The summed E-state index contributed by atoms with van der Waals surface area (Å²) in [7, 11) is 1.67. The van der Waals surface area contributed by atoms with E-state index in [2.05, 4.69) is 10.3 Å². The maximum absolute atomic E-state index is 11.9. The minimum absolute atomic E-state index is 0.105. The molecule has 0 aromatic carbocycles. The number of nitrogens with one attached hydrogen (secondary N) is 1. The number of pyridine rings is 1. The third kappa shape index (κ3) is 5.02. The highest BCUT2D eigenvalue weighted by Gasteiger charge is 2.08. The largest absolute Gasteiger partial charge is 0.385 e. The normalized spacial score (nSPS) is 10.4. The number of hydrogen-bond donors (Lipinski definition) is 1. The second kappa shape index (κ2) is 8.06. The average Bonchev–Trinajstić information content (AvgIpc) is 2.37. The molecule has 4 nitrogen and oxygen atoms in total. The van der Waals surface area contributed by atoms with Crippen molar-refractivity contribution in [2.24, 2.45) is 0 Å². The summed E-state index contributed by atoms with van der Waals surface area (Å²) in [5.41, 5.74) is 1.39. The number of amides is 1. The van der Waals surface area contributed by atoms with Gasteiger partial charge in [0, 0.05) is 31.5 Å². The molecule has 0 atom stereocenters. The maximum Gasteiger partial charge on any atom is 0.251 e. The zero-order valence-corrected chi connectivity index (χ0v) is 11.6. The predicted octanol–water partition coefficient (Wildman–Crippen LogP) is 2.45. The molecule has 5 heteroatoms. The molecule has 1 amide bonds. The molecule has 0 aliphatic rings. The Kier molecular flexibility index (Phi) is 6.68. The van der Waals surface area contributed by atoms with E-state index in [9.17, 15) is 4.79 Å². The Bertz CT molecular complexity index is 397. The Morgan fingerprint density at radius 3 is 2.89 bits per heavy atom. The van der Waals surface area contributed by atoms with E-state index >= 15 is 0 Å². The highest BCUT2D eigenvalue weighted by atomic mass is 35.5. The van der Waals surface area contributed by atoms with Gasteiger partial charge in [-0.3, -0.25) is 4.79 Å². The summed E-state index contributed by atoms with van der Waals surface area (Å²) in [4.78, 5) is 16.0. The first-order valence-electron chi connectivity index (χ1n) is 6.11. The van der Waals surface area contributed by atoms with Crippen molar-refractivity contribution in [1.82, 2.24) is 10.3 Å². The Balaban J connectivity index is 2.48. The van der Waals surface area contributed by atoms with Crippen molar-refractivity contribution in [3.05, 3.63) is 28.5 Å². The number of nitrogens with zero attached hydrogens (tertiary/aromatic N) is 1. The summed E-state index contributed by atoms with van der Waals surface area (Å²) >= 11 is 5.87. The first kappa shape index (κ1) is 14.9. The van der Waals surface area contributed by atoms with Crippen molar-refractivity contribution in [3.8, 4) is 0 Å². The van der Waals surface area contributed by atoms with Gasteiger partial charge in [0.1, 0.15) is 5.15 Å². The molecule has 0 saturated carbocycles. The number of carbonyl (C=O) groups is 1. The first-order chi connectivity index (χ1) is 8.67. The number of unbranched alkanes of at least 4 members (excludes halogenated alkanes) is 1. The number of hydrogen-bond acceptors (Lipinski definition) is 3. The van der Waals surface area contributed by atoms with E-state index in [0.717, 1.165) is 31.6 Å². The van der Waals surface area contributed by atoms with Gasteiger partial charge in [0.2, 0.25) is 0 Å². The van der Waals surface area contributed by atoms with Crippen LogP contribution in [0.2, 0.25) is 5.15 Å². The van der Waals surface area contributed by atoms with Crippen LogP contribution in [0.1, 0.15) is 35.8 Å². The van der Waals surface area contributed by atoms with Crippen LogP contribution in [0.25, 0.3) is 0 Å². The third-order valence-electron chi connectivity index (χ3n) is 2.53. The zero-order chi connectivity index (χ0) is 13.4. The molecule has 0 bridgehead atoms. The van der Waals surface area contributed by atoms with Gasteiger partial charge >= 0.3 is 0 Å². The van der Waals surface area contributed by atoms with E-state index in [1.54, 1.807) is 19.2 Å². The van der Waals surface area contributed by atoms with Gasteiger partial charge in [-0.2, -0.15) is 0 Å². The number of rotatable bonds is 7. The predicted molar refractivity (Wildman–Crippen MR) is 72.1 cm³/mol. The van der Waals surface area contributed by atoms with E-state index in [-0.39, 0.29) is 5.91 Å². The summed E-state index contributed by atoms with van der Waals surface area (Å²) in [6.07, 6.45) is 2.60. The Morgan fingerprint density at radius 2 is 2.22 bits per heavy atom. The van der Waals surface area contributed by atoms with Crippen LogP contribution in [0.4, 0.5) is 0 Å². The smallest absolute Gasteiger partial charge is 0.251 e. The van der Waals surface area contributed by atoms with Gasteiger partial charge in [0.25, 0.3) is 5.91 Å². The fourth-order valence-electron chi connectivity index (χ4n) is 1.54. The number of ether oxygens (including phenoxy) is 1. The topological polar surface area (TPSA) is 51.2 Å². The number of aryl methyl sites for hydroxylation is 1. The van der Waals surface area contributed by atoms with Crippen molar-refractivity contribution in [2.45, 2.75) is 26.2 Å². The quantitative estimate of drug-likeness (QED) is 0.612. The molecule has 1 rings (SSSR count). The Hall–Kier alpha value is -1.13. The molecule has 0 radical (unpaired) electrons. The second-order valence-corrected chi connectivity index (χ2v) is 4.37. The van der Waals surface area contributed by atoms with Crippen molar-refractivity contribution in [3.63, 3.8) is 0 Å². The molecule has 1 aromatic rings. The Labute approximate surface area is 113 Å². The van der Waals surface area contributed by atoms with Gasteiger partial charge in [-0.25, -0.2) is 4.98 Å². The number of carbonyl (C=O) groups excluding carboxylic acids is 1. The summed E-state index contributed by atoms with van der Waals surface area (Å²) in [5, 5.41) is 3.22. The van der Waals surface area contributed by atoms with Crippen molar-refractivity contribution >= 4 is 17.5 Å². The molecule has 1 aromatic heterocycles. The minimum atomic E-state index is -0.105. The van der Waals surface area contributed by atoms with E-state index in [1.807, 2.05) is 6.92 Å². The molecule has 1 N–H and O–H groups in total. The molecule has 0 saturated heterocycles. The van der Waals surface area contributed by atoms with Gasteiger partial charge in [0.05, 0.1) is 0 Å². The van der Waals surface area contributed by atoms with Crippen LogP contribution in [0.3, 0.4) is 0 Å². The van der Waals surface area contributed by atoms with Crippen LogP contribution in [0, 0.1) is 0 Å². The summed E-state index contributed by atoms with van der Waals surface area (Å²) in [5.74, 6) is -0.105. The van der Waals surface area contributed by atoms with Crippen LogP contribution in [-0.4, -0.2) is 31.2 Å². The van der Waals surface area contributed by atoms with Crippen molar-refractivity contribution < 1.29 is 9.53 Å². The van der Waals surface area contributed by atoms with E-state index in [0.29, 0.717) is 17.3 Å². The number of aromatic nitrogens is 1. The van der Waals surface area contributed by atoms with E-state index < -0.39 is 0 Å². The van der Waals surface area contributed by atoms with Crippen molar-refractivity contribution in [1.29, 1.82) is 0 Å². The van der Waals surface area contributed by atoms with Crippen LogP contribution >= 0.6 is 11.6 Å². The lowest BCUT2D eigenvalue weighted by molar-refractivity contribution is 0.0951. The molecule has 0 spiro atoms. The summed E-state index contributed by atoms with van der Waals surface area (Å²) in [6, 6.07) is 3.36. The van der Waals surface area contributed by atoms with Gasteiger partial charge in [-0.15, -0.1) is 0 Å². The minimum Gasteiger partial charge on any atom is -0.385 e. The highest BCUT2D eigenvalue weighted by molar-refractivity contribution is 6.29. The molecular weight excluding hydrogens is 252 g/mol. The molecule has 0 aliphatic carbocycles. The lowest BCUT2D eigenvalue weighted by Gasteiger charge is -2.06. The number of methoxy groups -OCH3 is 1. The molecular formula is C13H19ClN2O2. The van der Waals surface area contributed by atoms with Crippen LogP contribution < -0.4 is 5.32 Å². The van der Waals surface area contributed by atoms with Gasteiger partial charge < -0.3 is 10.1 Å². The highest BCUT2D eigenvalue weighted by Crippen LogP contribution is 2.11. The zero-order valence-electron chi connectivity index (χ0n) is 10.8. The first-order valence-corrected chi connectivity index (χ1v) is 6.48. The second-order valence-electron chi connectivity index (χ2n) is 3.98. The van der Waals surface area contributed by atoms with Gasteiger partial charge in [-0.05, 0) is 31.4 Å². The van der Waals surface area contributed by atoms with Gasteiger partial charge in [0.15, 0.2) is 0 Å². The maximum atomic E-state index is 11.9. The average molecular weight is 271 g/mol. The number of halogens is 1. The SMILES string of the molecule is CCc1cc(C(=O)NCCCCOC)cc(Cl)n1. The third-order valence-corrected chi connectivity index (χ3v) is 2.73. The molecule has 100 valence electrons. The molecule has 0 unspecified atom stereocenters. The fourth-order valence-corrected chi connectivity index (χ4v) is 1.76. The summed E-state index contributed by atoms with van der Waals surface area (Å²) in [6.45, 7) is 3.34. The van der Waals surface area contributed by atoms with Gasteiger partial charge in [-0.1, -0.05) is 18.5 Å². The summed E-state index contributed by atoms with van der Waals surface area (Å²) < 4.78 is 4.94. The molecule has 0 aliphatic heterocycles. The lowest BCUT2D eigenvalue weighted by Crippen LogP contribution is -2.24. The van der Waals surface area contributed by atoms with Crippen LogP contribution in [0.15, 0.2) is 12.1 Å². The fraction of sp³-hybridized carbons (Fsp3) is 0.538. The molecule has 18 heavy (non-hydrogen) atoms. The molecule has 1 heterocycles. The monoisotopic (exact) mass is 270 g/mol. The Morgan fingerprint density at radius 1 is 1.44 bits per heavy atom. The van der Waals surface area contributed by atoms with E-state index in [1.165, 1.54) is 0 Å². The lowest BCUT2D eigenvalue weighted by atomic mass is 10.2.